The zero-order chi connectivity index (χ0) is 22.2. The van der Waals surface area contributed by atoms with Gasteiger partial charge in [-0.15, -0.1) is 0 Å². The molecule has 3 heterocycles. The molecule has 1 atom stereocenters. The number of rotatable bonds is 4. The highest BCUT2D eigenvalue weighted by molar-refractivity contribution is 7.89. The molecule has 10 heteroatoms. The molecule has 0 radical (unpaired) electrons. The van der Waals surface area contributed by atoms with Gasteiger partial charge in [-0.3, -0.25) is 4.79 Å². The van der Waals surface area contributed by atoms with Crippen LogP contribution in [0.2, 0.25) is 0 Å². The number of hydrogen-bond acceptors (Lipinski definition) is 6. The van der Waals surface area contributed by atoms with Crippen LogP contribution in [0.4, 0.5) is 4.39 Å². The Morgan fingerprint density at radius 3 is 2.61 bits per heavy atom. The number of ether oxygens (including phenoxy) is 1. The van der Waals surface area contributed by atoms with E-state index in [9.17, 15) is 17.6 Å². The molecule has 0 unspecified atom stereocenters. The van der Waals surface area contributed by atoms with E-state index in [1.165, 1.54) is 22.6 Å². The van der Waals surface area contributed by atoms with Gasteiger partial charge in [0.15, 0.2) is 0 Å². The second-order valence-electron chi connectivity index (χ2n) is 7.89. The number of aromatic nitrogens is 2. The first-order valence-electron chi connectivity index (χ1n) is 10.2. The number of sulfonamides is 1. The Morgan fingerprint density at radius 1 is 1.19 bits per heavy atom. The third-order valence-electron chi connectivity index (χ3n) is 5.80. The minimum absolute atomic E-state index is 0.109. The lowest BCUT2D eigenvalue weighted by molar-refractivity contribution is 0.0301. The molecule has 2 aliphatic rings. The Bertz CT molecular complexity index is 1100. The monoisotopic (exact) mass is 448 g/mol. The average Bonchev–Trinajstić information content (AvgIpc) is 3.25. The van der Waals surface area contributed by atoms with E-state index in [0.717, 1.165) is 6.07 Å². The lowest BCUT2D eigenvalue weighted by atomic mass is 10.1. The molecule has 2 fully saturated rings. The number of benzene rings is 1. The third kappa shape index (κ3) is 4.32. The van der Waals surface area contributed by atoms with Gasteiger partial charge >= 0.3 is 0 Å². The van der Waals surface area contributed by atoms with Gasteiger partial charge in [0.25, 0.3) is 5.91 Å². The SMILES string of the molecule is Cc1cc(F)ccc1S(=O)(=O)N1CC[C@H](c2ncc(C(=O)N3CCOCC3)c(C)n2)C1. The summed E-state index contributed by atoms with van der Waals surface area (Å²) in [6.45, 7) is 6.05. The first-order chi connectivity index (χ1) is 14.8. The van der Waals surface area contributed by atoms with Gasteiger partial charge < -0.3 is 9.64 Å². The Kier molecular flexibility index (Phi) is 6.05. The summed E-state index contributed by atoms with van der Waals surface area (Å²) in [5, 5.41) is 0. The van der Waals surface area contributed by atoms with E-state index in [0.29, 0.717) is 61.9 Å². The number of aryl methyl sites for hydroxylation is 2. The second-order valence-corrected chi connectivity index (χ2v) is 9.80. The Morgan fingerprint density at radius 2 is 1.94 bits per heavy atom. The Balaban J connectivity index is 1.50. The molecule has 0 spiro atoms. The number of halogens is 1. The Labute approximate surface area is 181 Å². The van der Waals surface area contributed by atoms with Crippen LogP contribution in [0.1, 0.15) is 39.8 Å². The van der Waals surface area contributed by atoms with Gasteiger partial charge in [0.2, 0.25) is 10.0 Å². The zero-order valence-corrected chi connectivity index (χ0v) is 18.4. The van der Waals surface area contributed by atoms with Crippen molar-refractivity contribution in [3.05, 3.63) is 52.9 Å². The summed E-state index contributed by atoms with van der Waals surface area (Å²) in [5.41, 5.74) is 1.41. The molecule has 1 aromatic heterocycles. The summed E-state index contributed by atoms with van der Waals surface area (Å²) < 4.78 is 46.1. The van der Waals surface area contributed by atoms with Gasteiger partial charge in [-0.25, -0.2) is 22.8 Å². The molecular weight excluding hydrogens is 423 g/mol. The van der Waals surface area contributed by atoms with E-state index in [-0.39, 0.29) is 23.3 Å². The maximum absolute atomic E-state index is 13.4. The number of carbonyl (C=O) groups excluding carboxylic acids is 1. The molecule has 2 saturated heterocycles. The smallest absolute Gasteiger partial charge is 0.257 e. The number of morpholine rings is 1. The first kappa shape index (κ1) is 21.8. The lowest BCUT2D eigenvalue weighted by Crippen LogP contribution is -2.41. The zero-order valence-electron chi connectivity index (χ0n) is 17.5. The number of hydrogen-bond donors (Lipinski definition) is 0. The van der Waals surface area contributed by atoms with Crippen molar-refractivity contribution in [3.63, 3.8) is 0 Å². The standard InChI is InChI=1S/C21H25FN4O4S/c1-14-11-17(22)3-4-19(14)31(28,29)26-6-5-16(13-26)20-23-12-18(15(2)24-20)21(27)25-7-9-30-10-8-25/h3-4,11-12,16H,5-10,13H2,1-2H3/t16-/m0/s1. The van der Waals surface area contributed by atoms with Crippen molar-refractivity contribution < 1.29 is 22.3 Å². The van der Waals surface area contributed by atoms with Gasteiger partial charge in [0, 0.05) is 38.3 Å². The van der Waals surface area contributed by atoms with Crippen LogP contribution < -0.4 is 0 Å². The molecule has 2 aromatic rings. The van der Waals surface area contributed by atoms with Gasteiger partial charge in [0.05, 0.1) is 29.4 Å². The van der Waals surface area contributed by atoms with E-state index in [4.69, 9.17) is 4.74 Å². The molecule has 166 valence electrons. The molecule has 4 rings (SSSR count). The fourth-order valence-electron chi connectivity index (χ4n) is 4.03. The van der Waals surface area contributed by atoms with E-state index < -0.39 is 15.8 Å². The molecule has 1 amide bonds. The van der Waals surface area contributed by atoms with Gasteiger partial charge in [-0.05, 0) is 44.0 Å². The topological polar surface area (TPSA) is 92.7 Å². The van der Waals surface area contributed by atoms with Crippen LogP contribution in [0.15, 0.2) is 29.3 Å². The van der Waals surface area contributed by atoms with Gasteiger partial charge in [-0.1, -0.05) is 0 Å². The van der Waals surface area contributed by atoms with Crippen molar-refractivity contribution in [2.75, 3.05) is 39.4 Å². The van der Waals surface area contributed by atoms with Gasteiger partial charge in [-0.2, -0.15) is 4.31 Å². The van der Waals surface area contributed by atoms with E-state index >= 15 is 0 Å². The van der Waals surface area contributed by atoms with E-state index in [2.05, 4.69) is 9.97 Å². The lowest BCUT2D eigenvalue weighted by Gasteiger charge is -2.27. The number of amides is 1. The highest BCUT2D eigenvalue weighted by Crippen LogP contribution is 2.31. The third-order valence-corrected chi connectivity index (χ3v) is 7.82. The summed E-state index contributed by atoms with van der Waals surface area (Å²) in [4.78, 5) is 23.5. The summed E-state index contributed by atoms with van der Waals surface area (Å²) in [5.74, 6) is -0.215. The van der Waals surface area contributed by atoms with Crippen LogP contribution in [-0.2, 0) is 14.8 Å². The van der Waals surface area contributed by atoms with Crippen molar-refractivity contribution >= 4 is 15.9 Å². The maximum Gasteiger partial charge on any atom is 0.257 e. The predicted octanol–water partition coefficient (Wildman–Crippen LogP) is 1.88. The number of carbonyl (C=O) groups is 1. The largest absolute Gasteiger partial charge is 0.378 e. The quantitative estimate of drug-likeness (QED) is 0.709. The molecule has 2 aliphatic heterocycles. The van der Waals surface area contributed by atoms with Crippen LogP contribution in [0.5, 0.6) is 0 Å². The summed E-state index contributed by atoms with van der Waals surface area (Å²) in [7, 11) is -3.73. The van der Waals surface area contributed by atoms with Crippen LogP contribution in [0, 0.1) is 19.7 Å². The van der Waals surface area contributed by atoms with E-state index in [1.54, 1.807) is 18.7 Å². The molecular formula is C21H25FN4O4S. The molecule has 0 saturated carbocycles. The maximum atomic E-state index is 13.4. The molecule has 0 N–H and O–H groups in total. The molecule has 1 aromatic carbocycles. The van der Waals surface area contributed by atoms with Crippen LogP contribution in [0.25, 0.3) is 0 Å². The minimum Gasteiger partial charge on any atom is -0.378 e. The average molecular weight is 449 g/mol. The summed E-state index contributed by atoms with van der Waals surface area (Å²) in [6.07, 6.45) is 2.12. The molecule has 0 bridgehead atoms. The minimum atomic E-state index is -3.73. The normalized spacial score (nSPS) is 20.2. The van der Waals surface area contributed by atoms with E-state index in [1.807, 2.05) is 0 Å². The molecule has 8 nitrogen and oxygen atoms in total. The Hall–Kier alpha value is -2.43. The van der Waals surface area contributed by atoms with Crippen LogP contribution >= 0.6 is 0 Å². The van der Waals surface area contributed by atoms with Crippen LogP contribution in [-0.4, -0.2) is 72.9 Å². The van der Waals surface area contributed by atoms with Crippen molar-refractivity contribution in [1.82, 2.24) is 19.2 Å². The van der Waals surface area contributed by atoms with Crippen LogP contribution in [0.3, 0.4) is 0 Å². The second kappa shape index (κ2) is 8.60. The highest BCUT2D eigenvalue weighted by Gasteiger charge is 2.35. The summed E-state index contributed by atoms with van der Waals surface area (Å²) in [6, 6.07) is 3.68. The van der Waals surface area contributed by atoms with Crippen molar-refractivity contribution in [2.24, 2.45) is 0 Å². The fourth-order valence-corrected chi connectivity index (χ4v) is 5.73. The van der Waals surface area contributed by atoms with Crippen molar-refractivity contribution in [3.8, 4) is 0 Å². The van der Waals surface area contributed by atoms with Gasteiger partial charge in [0.1, 0.15) is 11.6 Å². The predicted molar refractivity (Wildman–Crippen MR) is 111 cm³/mol. The fraction of sp³-hybridized carbons (Fsp3) is 0.476. The molecule has 0 aliphatic carbocycles. The number of nitrogens with zero attached hydrogens (tertiary/aromatic N) is 4. The molecule has 31 heavy (non-hydrogen) atoms. The summed E-state index contributed by atoms with van der Waals surface area (Å²) >= 11 is 0. The highest BCUT2D eigenvalue weighted by atomic mass is 32.2. The van der Waals surface area contributed by atoms with Crippen molar-refractivity contribution in [1.29, 1.82) is 0 Å². The first-order valence-corrected chi connectivity index (χ1v) is 11.7. The van der Waals surface area contributed by atoms with Crippen molar-refractivity contribution in [2.45, 2.75) is 31.1 Å².